The minimum absolute atomic E-state index is 0.191. The van der Waals surface area contributed by atoms with Crippen molar-refractivity contribution in [2.24, 2.45) is 5.16 Å². The lowest BCUT2D eigenvalue weighted by Gasteiger charge is -2.05. The van der Waals surface area contributed by atoms with Crippen molar-refractivity contribution >= 4 is 21.7 Å². The molecule has 0 aliphatic rings. The molecule has 2 N–H and O–H groups in total. The van der Waals surface area contributed by atoms with Crippen molar-refractivity contribution < 1.29 is 9.62 Å². The first-order chi connectivity index (χ1) is 11.3. The second-order valence-electron chi connectivity index (χ2n) is 5.19. The van der Waals surface area contributed by atoms with Crippen LogP contribution in [-0.4, -0.2) is 10.2 Å². The highest BCUT2D eigenvalue weighted by atomic mass is 16.4. The Hall–Kier alpha value is -3.34. The van der Waals surface area contributed by atoms with E-state index in [0.717, 1.165) is 5.39 Å². The zero-order chi connectivity index (χ0) is 15.8. The third kappa shape index (κ3) is 2.19. The van der Waals surface area contributed by atoms with Gasteiger partial charge in [-0.1, -0.05) is 35.5 Å². The summed E-state index contributed by atoms with van der Waals surface area (Å²) in [4.78, 5) is 15.0. The third-order valence-corrected chi connectivity index (χ3v) is 3.78. The highest BCUT2D eigenvalue weighted by molar-refractivity contribution is 5.85. The van der Waals surface area contributed by atoms with Gasteiger partial charge in [-0.2, -0.15) is 0 Å². The van der Waals surface area contributed by atoms with Crippen molar-refractivity contribution in [1.82, 2.24) is 4.98 Å². The summed E-state index contributed by atoms with van der Waals surface area (Å²) in [6, 6.07) is 18.0. The third-order valence-electron chi connectivity index (χ3n) is 3.78. The van der Waals surface area contributed by atoms with Gasteiger partial charge in [0.15, 0.2) is 5.76 Å². The molecular formula is C18H12N2O3. The fourth-order valence-corrected chi connectivity index (χ4v) is 2.68. The smallest absolute Gasteiger partial charge is 0.256 e. The average Bonchev–Trinajstić information content (AvgIpc) is 2.60. The molecule has 0 aliphatic carbocycles. The number of para-hydroxylation sites is 1. The fourth-order valence-electron chi connectivity index (χ4n) is 2.68. The lowest BCUT2D eigenvalue weighted by Crippen LogP contribution is -2.09. The fraction of sp³-hybridized carbons (Fsp3) is 0. The summed E-state index contributed by atoms with van der Waals surface area (Å²) in [6.45, 7) is 0. The van der Waals surface area contributed by atoms with Crippen LogP contribution < -0.4 is 10.9 Å². The number of pyridine rings is 1. The van der Waals surface area contributed by atoms with Gasteiger partial charge >= 0.3 is 0 Å². The molecule has 2 aromatic carbocycles. The van der Waals surface area contributed by atoms with Crippen LogP contribution in [0, 0.1) is 0 Å². The molecule has 23 heavy (non-hydrogen) atoms. The Morgan fingerprint density at radius 1 is 0.957 bits per heavy atom. The van der Waals surface area contributed by atoms with Crippen LogP contribution in [0.25, 0.3) is 33.2 Å². The van der Waals surface area contributed by atoms with Crippen LogP contribution in [0.5, 0.6) is 0 Å². The Morgan fingerprint density at radius 3 is 2.52 bits per heavy atom. The normalized spacial score (nSPS) is 12.1. The maximum absolute atomic E-state index is 12.2. The van der Waals surface area contributed by atoms with Crippen molar-refractivity contribution in [2.75, 3.05) is 0 Å². The number of aromatic nitrogens is 1. The molecule has 0 saturated heterocycles. The number of hydrogen-bond donors (Lipinski definition) is 2. The summed E-state index contributed by atoms with van der Waals surface area (Å²) in [5, 5.41) is 15.1. The van der Waals surface area contributed by atoms with E-state index < -0.39 is 0 Å². The first kappa shape index (κ1) is 13.3. The molecule has 0 fully saturated rings. The lowest BCUT2D eigenvalue weighted by molar-refractivity contribution is 0.302. The Morgan fingerprint density at radius 2 is 1.70 bits per heavy atom. The predicted octanol–water partition coefficient (Wildman–Crippen LogP) is 3.23. The minimum Gasteiger partial charge on any atom is -0.454 e. The van der Waals surface area contributed by atoms with Crippen LogP contribution in [0.4, 0.5) is 0 Å². The van der Waals surface area contributed by atoms with Gasteiger partial charge < -0.3 is 14.6 Å². The van der Waals surface area contributed by atoms with Gasteiger partial charge in [0.05, 0.1) is 5.69 Å². The molecule has 0 radical (unpaired) electrons. The Balaban J connectivity index is 2.05. The van der Waals surface area contributed by atoms with Crippen molar-refractivity contribution in [3.8, 4) is 11.5 Å². The summed E-state index contributed by atoms with van der Waals surface area (Å²) in [5.41, 5.74) is 0.917. The molecule has 0 unspecified atom stereocenters. The molecule has 112 valence electrons. The first-order valence-electron chi connectivity index (χ1n) is 7.10. The van der Waals surface area contributed by atoms with Crippen LogP contribution in [0.2, 0.25) is 0 Å². The van der Waals surface area contributed by atoms with E-state index in [1.165, 1.54) is 0 Å². The predicted molar refractivity (Wildman–Crippen MR) is 87.1 cm³/mol. The molecule has 4 rings (SSSR count). The summed E-state index contributed by atoms with van der Waals surface area (Å²) >= 11 is 0. The van der Waals surface area contributed by atoms with E-state index in [0.29, 0.717) is 33.2 Å². The zero-order valence-electron chi connectivity index (χ0n) is 12.0. The van der Waals surface area contributed by atoms with Crippen molar-refractivity contribution in [3.05, 3.63) is 76.4 Å². The quantitative estimate of drug-likeness (QED) is 0.418. The molecule has 5 heteroatoms. The number of H-pyrrole nitrogens is 1. The second-order valence-corrected chi connectivity index (χ2v) is 5.19. The molecule has 0 aliphatic heterocycles. The Labute approximate surface area is 130 Å². The first-order valence-corrected chi connectivity index (χ1v) is 7.10. The molecular weight excluding hydrogens is 292 g/mol. The lowest BCUT2D eigenvalue weighted by atomic mass is 10.1. The molecule has 2 aromatic heterocycles. The Bertz CT molecular complexity index is 1160. The van der Waals surface area contributed by atoms with Crippen LogP contribution in [-0.2, 0) is 0 Å². The number of fused-ring (bicyclic) bond motifs is 2. The summed E-state index contributed by atoms with van der Waals surface area (Å²) in [6.07, 6.45) is 0. The molecule has 2 heterocycles. The van der Waals surface area contributed by atoms with Gasteiger partial charge in [-0.05, 0) is 29.7 Å². The second kappa shape index (κ2) is 5.14. The SMILES string of the molecule is O=c1[nH]c(-c2c/c(=N/O)c3ccccc3o2)cc2ccccc12. The maximum atomic E-state index is 12.2. The van der Waals surface area contributed by atoms with Crippen LogP contribution >= 0.6 is 0 Å². The number of aromatic amines is 1. The average molecular weight is 304 g/mol. The van der Waals surface area contributed by atoms with Crippen LogP contribution in [0.3, 0.4) is 0 Å². The summed E-state index contributed by atoms with van der Waals surface area (Å²) in [7, 11) is 0. The van der Waals surface area contributed by atoms with Crippen molar-refractivity contribution in [2.45, 2.75) is 0 Å². The molecule has 0 atom stereocenters. The van der Waals surface area contributed by atoms with E-state index in [-0.39, 0.29) is 5.56 Å². The standard InChI is InChI=1S/C18H12N2O3/c21-18-12-6-2-1-5-11(12)9-15(19-18)17-10-14(20-22)13-7-3-4-8-16(13)23-17/h1-10,22H,(H,19,21)/b20-14-. The molecule has 0 spiro atoms. The van der Waals surface area contributed by atoms with Gasteiger partial charge in [0.2, 0.25) is 0 Å². The number of benzene rings is 2. The molecule has 5 nitrogen and oxygen atoms in total. The molecule has 0 saturated carbocycles. The minimum atomic E-state index is -0.191. The highest BCUT2D eigenvalue weighted by Crippen LogP contribution is 2.22. The molecule has 0 bridgehead atoms. The van der Waals surface area contributed by atoms with Crippen LogP contribution in [0.15, 0.2) is 75.0 Å². The zero-order valence-corrected chi connectivity index (χ0v) is 12.0. The van der Waals surface area contributed by atoms with Crippen molar-refractivity contribution in [1.29, 1.82) is 0 Å². The monoisotopic (exact) mass is 304 g/mol. The van der Waals surface area contributed by atoms with E-state index in [1.54, 1.807) is 24.3 Å². The summed E-state index contributed by atoms with van der Waals surface area (Å²) < 4.78 is 5.85. The van der Waals surface area contributed by atoms with E-state index in [2.05, 4.69) is 10.1 Å². The maximum Gasteiger partial charge on any atom is 0.256 e. The van der Waals surface area contributed by atoms with Gasteiger partial charge in [0.25, 0.3) is 5.56 Å². The summed E-state index contributed by atoms with van der Waals surface area (Å²) in [5.74, 6) is 0.430. The van der Waals surface area contributed by atoms with Gasteiger partial charge in [-0.15, -0.1) is 0 Å². The number of hydrogen-bond acceptors (Lipinski definition) is 4. The van der Waals surface area contributed by atoms with Gasteiger partial charge in [0.1, 0.15) is 10.9 Å². The molecule has 0 amide bonds. The topological polar surface area (TPSA) is 78.6 Å². The van der Waals surface area contributed by atoms with E-state index >= 15 is 0 Å². The van der Waals surface area contributed by atoms with Gasteiger partial charge in [0, 0.05) is 16.8 Å². The van der Waals surface area contributed by atoms with E-state index in [9.17, 15) is 10.0 Å². The highest BCUT2D eigenvalue weighted by Gasteiger charge is 2.09. The number of rotatable bonds is 1. The Kier molecular flexibility index (Phi) is 2.98. The van der Waals surface area contributed by atoms with Crippen LogP contribution in [0.1, 0.15) is 0 Å². The van der Waals surface area contributed by atoms with Gasteiger partial charge in [-0.3, -0.25) is 4.79 Å². The molecule has 4 aromatic rings. The van der Waals surface area contributed by atoms with Crippen molar-refractivity contribution in [3.63, 3.8) is 0 Å². The van der Waals surface area contributed by atoms with E-state index in [4.69, 9.17) is 4.42 Å². The van der Waals surface area contributed by atoms with Gasteiger partial charge in [-0.25, -0.2) is 0 Å². The number of nitrogens with one attached hydrogen (secondary N) is 1. The largest absolute Gasteiger partial charge is 0.454 e. The number of nitrogens with zero attached hydrogens (tertiary/aromatic N) is 1. The van der Waals surface area contributed by atoms with E-state index in [1.807, 2.05) is 36.4 Å².